The second-order valence-electron chi connectivity index (χ2n) is 7.10. The molecule has 0 saturated carbocycles. The molecule has 2 N–H and O–H groups in total. The molecular formula is C24H21FN4O2S. The molecule has 0 unspecified atom stereocenters. The fraction of sp³-hybridized carbons (Fsp3) is 0.125. The molecule has 2 amide bonds. The van der Waals surface area contributed by atoms with E-state index in [1.165, 1.54) is 36.0 Å². The number of nitrogens with zero attached hydrogens (tertiary/aromatic N) is 2. The number of amides is 2. The van der Waals surface area contributed by atoms with Crippen LogP contribution in [0.25, 0.3) is 11.0 Å². The number of benzene rings is 3. The highest BCUT2D eigenvalue weighted by atomic mass is 32.2. The number of hydrogen-bond donors (Lipinski definition) is 2. The fourth-order valence-corrected chi connectivity index (χ4v) is 4.11. The quantitative estimate of drug-likeness (QED) is 0.412. The van der Waals surface area contributed by atoms with E-state index in [1.807, 2.05) is 41.9 Å². The van der Waals surface area contributed by atoms with Crippen molar-refractivity contribution in [2.75, 3.05) is 11.1 Å². The number of thioether (sulfide) groups is 1. The van der Waals surface area contributed by atoms with E-state index in [-0.39, 0.29) is 29.9 Å². The molecule has 32 heavy (non-hydrogen) atoms. The van der Waals surface area contributed by atoms with Crippen LogP contribution >= 0.6 is 11.8 Å². The Labute approximate surface area is 188 Å². The molecule has 4 rings (SSSR count). The number of hydrogen-bond acceptors (Lipinski definition) is 4. The Kier molecular flexibility index (Phi) is 6.51. The Balaban J connectivity index is 1.38. The summed E-state index contributed by atoms with van der Waals surface area (Å²) >= 11 is 1.27. The Bertz CT molecular complexity index is 1270. The van der Waals surface area contributed by atoms with Crippen molar-refractivity contribution in [3.8, 4) is 0 Å². The SMILES string of the molecule is Cn1c(CNC(=O)c2ccccc2SCC(=O)Nc2ccc(F)cc2)nc2ccccc21. The van der Waals surface area contributed by atoms with Crippen molar-refractivity contribution in [3.63, 3.8) is 0 Å². The summed E-state index contributed by atoms with van der Waals surface area (Å²) in [5, 5.41) is 5.63. The second kappa shape index (κ2) is 9.65. The predicted octanol–water partition coefficient (Wildman–Crippen LogP) is 4.37. The van der Waals surface area contributed by atoms with E-state index in [2.05, 4.69) is 15.6 Å². The van der Waals surface area contributed by atoms with Gasteiger partial charge in [0.15, 0.2) is 0 Å². The molecule has 162 valence electrons. The third-order valence-corrected chi connectivity index (χ3v) is 5.98. The maximum Gasteiger partial charge on any atom is 0.252 e. The number of aryl methyl sites for hydroxylation is 1. The topological polar surface area (TPSA) is 76.0 Å². The summed E-state index contributed by atoms with van der Waals surface area (Å²) in [5.41, 5.74) is 2.89. The van der Waals surface area contributed by atoms with Crippen LogP contribution < -0.4 is 10.6 Å². The minimum absolute atomic E-state index is 0.117. The number of aromatic nitrogens is 2. The number of fused-ring (bicyclic) bond motifs is 1. The largest absolute Gasteiger partial charge is 0.345 e. The van der Waals surface area contributed by atoms with Crippen LogP contribution in [0.4, 0.5) is 10.1 Å². The number of imidazole rings is 1. The summed E-state index contributed by atoms with van der Waals surface area (Å²) in [5.74, 6) is 0.0295. The van der Waals surface area contributed by atoms with Gasteiger partial charge < -0.3 is 15.2 Å². The summed E-state index contributed by atoms with van der Waals surface area (Å²) in [6, 6.07) is 20.5. The van der Waals surface area contributed by atoms with E-state index in [1.54, 1.807) is 18.2 Å². The van der Waals surface area contributed by atoms with Crippen molar-refractivity contribution in [3.05, 3.63) is 90.0 Å². The van der Waals surface area contributed by atoms with Crippen LogP contribution in [-0.4, -0.2) is 27.1 Å². The summed E-state index contributed by atoms with van der Waals surface area (Å²) < 4.78 is 15.0. The van der Waals surface area contributed by atoms with Crippen LogP contribution in [0.3, 0.4) is 0 Å². The van der Waals surface area contributed by atoms with Gasteiger partial charge in [-0.15, -0.1) is 11.8 Å². The molecule has 0 spiro atoms. The van der Waals surface area contributed by atoms with Gasteiger partial charge in [-0.2, -0.15) is 0 Å². The molecule has 0 bridgehead atoms. The van der Waals surface area contributed by atoms with E-state index < -0.39 is 0 Å². The van der Waals surface area contributed by atoms with Gasteiger partial charge in [-0.25, -0.2) is 9.37 Å². The van der Waals surface area contributed by atoms with Gasteiger partial charge in [-0.05, 0) is 48.5 Å². The molecule has 4 aromatic rings. The number of nitrogens with one attached hydrogen (secondary N) is 2. The molecule has 3 aromatic carbocycles. The van der Waals surface area contributed by atoms with Crippen LogP contribution in [0.2, 0.25) is 0 Å². The summed E-state index contributed by atoms with van der Waals surface area (Å²) in [6.07, 6.45) is 0. The zero-order valence-electron chi connectivity index (χ0n) is 17.3. The van der Waals surface area contributed by atoms with Gasteiger partial charge in [0.2, 0.25) is 5.91 Å². The van der Waals surface area contributed by atoms with Gasteiger partial charge in [-0.1, -0.05) is 24.3 Å². The van der Waals surface area contributed by atoms with Crippen molar-refractivity contribution < 1.29 is 14.0 Å². The van der Waals surface area contributed by atoms with Crippen molar-refractivity contribution >= 4 is 40.3 Å². The molecule has 0 fully saturated rings. The molecule has 1 heterocycles. The van der Waals surface area contributed by atoms with Gasteiger partial charge in [0.25, 0.3) is 5.91 Å². The molecule has 0 aliphatic heterocycles. The zero-order chi connectivity index (χ0) is 22.5. The van der Waals surface area contributed by atoms with E-state index in [9.17, 15) is 14.0 Å². The Morgan fingerprint density at radius 1 is 1.00 bits per heavy atom. The van der Waals surface area contributed by atoms with Crippen LogP contribution in [0.1, 0.15) is 16.2 Å². The number of halogens is 1. The highest BCUT2D eigenvalue weighted by molar-refractivity contribution is 8.00. The monoisotopic (exact) mass is 448 g/mol. The van der Waals surface area contributed by atoms with Crippen molar-refractivity contribution in [1.29, 1.82) is 0 Å². The standard InChI is InChI=1S/C24H21FN4O2S/c1-29-20-8-4-3-7-19(20)28-22(29)14-26-24(31)18-6-2-5-9-21(18)32-15-23(30)27-17-12-10-16(25)11-13-17/h2-13H,14-15H2,1H3,(H,26,31)(H,27,30). The number of rotatable bonds is 7. The smallest absolute Gasteiger partial charge is 0.252 e. The van der Waals surface area contributed by atoms with E-state index in [0.717, 1.165) is 16.9 Å². The third-order valence-electron chi connectivity index (χ3n) is 4.91. The molecule has 0 atom stereocenters. The number of para-hydroxylation sites is 2. The lowest BCUT2D eigenvalue weighted by molar-refractivity contribution is -0.113. The van der Waals surface area contributed by atoms with Crippen LogP contribution in [0.5, 0.6) is 0 Å². The minimum Gasteiger partial charge on any atom is -0.345 e. The average Bonchev–Trinajstić information content (AvgIpc) is 3.13. The minimum atomic E-state index is -0.365. The maximum absolute atomic E-state index is 13.0. The predicted molar refractivity (Wildman–Crippen MR) is 124 cm³/mol. The number of anilines is 1. The molecule has 6 nitrogen and oxygen atoms in total. The van der Waals surface area contributed by atoms with Gasteiger partial charge in [-0.3, -0.25) is 9.59 Å². The van der Waals surface area contributed by atoms with Crippen molar-refractivity contribution in [2.24, 2.45) is 7.05 Å². The van der Waals surface area contributed by atoms with Gasteiger partial charge in [0, 0.05) is 17.6 Å². The number of carbonyl (C=O) groups is 2. The first-order valence-electron chi connectivity index (χ1n) is 9.97. The van der Waals surface area contributed by atoms with Gasteiger partial charge in [0.05, 0.1) is 28.9 Å². The van der Waals surface area contributed by atoms with Crippen molar-refractivity contribution in [2.45, 2.75) is 11.4 Å². The zero-order valence-corrected chi connectivity index (χ0v) is 18.2. The lowest BCUT2D eigenvalue weighted by Gasteiger charge is -2.10. The molecule has 0 aliphatic carbocycles. The highest BCUT2D eigenvalue weighted by Gasteiger charge is 2.14. The molecule has 0 saturated heterocycles. The normalized spacial score (nSPS) is 10.8. The molecular weight excluding hydrogens is 427 g/mol. The lowest BCUT2D eigenvalue weighted by atomic mass is 10.2. The second-order valence-corrected chi connectivity index (χ2v) is 8.12. The van der Waals surface area contributed by atoms with Crippen molar-refractivity contribution in [1.82, 2.24) is 14.9 Å². The highest BCUT2D eigenvalue weighted by Crippen LogP contribution is 2.23. The first-order chi connectivity index (χ1) is 15.5. The molecule has 8 heteroatoms. The summed E-state index contributed by atoms with van der Waals surface area (Å²) in [7, 11) is 1.92. The van der Waals surface area contributed by atoms with E-state index in [4.69, 9.17) is 0 Å². The fourth-order valence-electron chi connectivity index (χ4n) is 3.26. The Hall–Kier alpha value is -3.65. The van der Waals surface area contributed by atoms with E-state index in [0.29, 0.717) is 16.1 Å². The Morgan fingerprint density at radius 2 is 1.72 bits per heavy atom. The molecule has 1 aromatic heterocycles. The maximum atomic E-state index is 13.0. The Morgan fingerprint density at radius 3 is 2.50 bits per heavy atom. The average molecular weight is 449 g/mol. The van der Waals surface area contributed by atoms with Crippen LogP contribution in [0, 0.1) is 5.82 Å². The summed E-state index contributed by atoms with van der Waals surface area (Å²) in [6.45, 7) is 0.286. The lowest BCUT2D eigenvalue weighted by Crippen LogP contribution is -2.25. The third kappa shape index (κ3) is 4.97. The number of carbonyl (C=O) groups excluding carboxylic acids is 2. The van der Waals surface area contributed by atoms with E-state index >= 15 is 0 Å². The summed E-state index contributed by atoms with van der Waals surface area (Å²) in [4.78, 5) is 30.4. The van der Waals surface area contributed by atoms with Gasteiger partial charge in [0.1, 0.15) is 11.6 Å². The van der Waals surface area contributed by atoms with Crippen LogP contribution in [-0.2, 0) is 18.4 Å². The molecule has 0 radical (unpaired) electrons. The van der Waals surface area contributed by atoms with Gasteiger partial charge >= 0.3 is 0 Å². The first kappa shape index (κ1) is 21.6. The molecule has 0 aliphatic rings. The van der Waals surface area contributed by atoms with Crippen LogP contribution in [0.15, 0.2) is 77.7 Å². The first-order valence-corrected chi connectivity index (χ1v) is 11.0.